The highest BCUT2D eigenvalue weighted by molar-refractivity contribution is 6.01. The summed E-state index contributed by atoms with van der Waals surface area (Å²) in [6.07, 6.45) is 2.56. The van der Waals surface area contributed by atoms with Crippen LogP contribution in [-0.4, -0.2) is 10.9 Å². The summed E-state index contributed by atoms with van der Waals surface area (Å²) >= 11 is 0. The smallest absolute Gasteiger partial charge is 0.292 e. The number of carbonyl (C=O) groups excluding carboxylic acids is 1. The fraction of sp³-hybridized carbons (Fsp3) is 0.143. The number of aryl methyl sites for hydroxylation is 1. The number of rotatable bonds is 7. The molecule has 0 atom stereocenters. The molecule has 5 heteroatoms. The van der Waals surface area contributed by atoms with E-state index in [0.717, 1.165) is 23.4 Å². The number of allylic oxidation sites excluding steroid dienone is 1. The number of furan rings is 1. The summed E-state index contributed by atoms with van der Waals surface area (Å²) < 4.78 is 11.4. The molecule has 0 aliphatic carbocycles. The van der Waals surface area contributed by atoms with Gasteiger partial charge < -0.3 is 14.5 Å². The molecule has 0 fully saturated rings. The van der Waals surface area contributed by atoms with Gasteiger partial charge in [0.15, 0.2) is 5.76 Å². The molecule has 1 aromatic carbocycles. The molecule has 2 heterocycles. The Morgan fingerprint density at radius 2 is 2.04 bits per heavy atom. The average molecular weight is 348 g/mol. The molecule has 0 spiro atoms. The second kappa shape index (κ2) is 8.16. The number of pyridine rings is 1. The van der Waals surface area contributed by atoms with Crippen molar-refractivity contribution in [2.75, 3.05) is 5.32 Å². The summed E-state index contributed by atoms with van der Waals surface area (Å²) in [6.45, 7) is 5.86. The van der Waals surface area contributed by atoms with Crippen molar-refractivity contribution in [3.05, 3.63) is 90.0 Å². The number of para-hydroxylation sites is 1. The Balaban J connectivity index is 1.63. The second-order valence-electron chi connectivity index (χ2n) is 5.77. The van der Waals surface area contributed by atoms with Crippen molar-refractivity contribution in [1.29, 1.82) is 0 Å². The molecule has 3 aromatic rings. The molecule has 0 unspecified atom stereocenters. The molecule has 132 valence electrons. The van der Waals surface area contributed by atoms with Crippen molar-refractivity contribution in [2.45, 2.75) is 20.0 Å². The minimum absolute atomic E-state index is 0.214. The van der Waals surface area contributed by atoms with E-state index in [9.17, 15) is 4.79 Å². The van der Waals surface area contributed by atoms with Crippen LogP contribution in [0, 0.1) is 6.92 Å². The Morgan fingerprint density at radius 3 is 2.85 bits per heavy atom. The van der Waals surface area contributed by atoms with Gasteiger partial charge in [-0.15, -0.1) is 6.58 Å². The highest BCUT2D eigenvalue weighted by Gasteiger charge is 2.13. The van der Waals surface area contributed by atoms with Crippen molar-refractivity contribution < 1.29 is 13.9 Å². The number of ether oxygens (including phenoxy) is 1. The molecular weight excluding hydrogens is 328 g/mol. The van der Waals surface area contributed by atoms with E-state index in [2.05, 4.69) is 16.9 Å². The first-order chi connectivity index (χ1) is 12.7. The van der Waals surface area contributed by atoms with Crippen molar-refractivity contribution in [1.82, 2.24) is 4.98 Å². The van der Waals surface area contributed by atoms with Crippen molar-refractivity contribution >= 4 is 11.7 Å². The third-order valence-corrected chi connectivity index (χ3v) is 3.72. The zero-order valence-corrected chi connectivity index (χ0v) is 14.6. The normalized spacial score (nSPS) is 10.3. The minimum atomic E-state index is -0.346. The van der Waals surface area contributed by atoms with E-state index in [-0.39, 0.29) is 18.3 Å². The van der Waals surface area contributed by atoms with Gasteiger partial charge in [-0.3, -0.25) is 4.79 Å². The summed E-state index contributed by atoms with van der Waals surface area (Å²) in [5.74, 6) is 1.70. The molecule has 0 bridgehead atoms. The van der Waals surface area contributed by atoms with E-state index in [1.54, 1.807) is 18.2 Å². The number of carbonyl (C=O) groups is 1. The highest BCUT2D eigenvalue weighted by Crippen LogP contribution is 2.21. The van der Waals surface area contributed by atoms with Crippen LogP contribution in [0.25, 0.3) is 0 Å². The Hall–Kier alpha value is -3.34. The van der Waals surface area contributed by atoms with E-state index in [4.69, 9.17) is 9.15 Å². The van der Waals surface area contributed by atoms with Gasteiger partial charge in [0.2, 0.25) is 0 Å². The standard InChI is InChI=1S/C21H20N2O3/c1-3-7-16-9-4-5-10-18(16)25-14-17-12-13-19(26-17)21(24)23-20-11-6-8-15(2)22-20/h3-6,8-13H,1,7,14H2,2H3,(H,22,23,24). The third-order valence-electron chi connectivity index (χ3n) is 3.72. The summed E-state index contributed by atoms with van der Waals surface area (Å²) in [5, 5.41) is 2.72. The van der Waals surface area contributed by atoms with E-state index in [0.29, 0.717) is 11.6 Å². The van der Waals surface area contributed by atoms with Gasteiger partial charge in [0, 0.05) is 5.69 Å². The Kier molecular flexibility index (Phi) is 5.49. The number of nitrogens with one attached hydrogen (secondary N) is 1. The first kappa shape index (κ1) is 17.5. The van der Waals surface area contributed by atoms with Crippen LogP contribution < -0.4 is 10.1 Å². The molecule has 2 aromatic heterocycles. The Bertz CT molecular complexity index is 915. The SMILES string of the molecule is C=CCc1ccccc1OCc1ccc(C(=O)Nc2cccc(C)n2)o1. The maximum absolute atomic E-state index is 12.3. The molecule has 26 heavy (non-hydrogen) atoms. The van der Waals surface area contributed by atoms with Crippen LogP contribution in [0.2, 0.25) is 0 Å². The first-order valence-electron chi connectivity index (χ1n) is 8.31. The van der Waals surface area contributed by atoms with Crippen molar-refractivity contribution in [2.24, 2.45) is 0 Å². The lowest BCUT2D eigenvalue weighted by Gasteiger charge is -2.09. The van der Waals surface area contributed by atoms with Crippen LogP contribution in [0.1, 0.15) is 27.6 Å². The summed E-state index contributed by atoms with van der Waals surface area (Å²) in [4.78, 5) is 16.5. The van der Waals surface area contributed by atoms with Gasteiger partial charge in [0.25, 0.3) is 5.91 Å². The Labute approximate surface area is 152 Å². The molecule has 0 saturated heterocycles. The molecule has 1 N–H and O–H groups in total. The van der Waals surface area contributed by atoms with Gasteiger partial charge >= 0.3 is 0 Å². The topological polar surface area (TPSA) is 64.4 Å². The van der Waals surface area contributed by atoms with E-state index in [1.165, 1.54) is 0 Å². The van der Waals surface area contributed by atoms with Gasteiger partial charge in [-0.05, 0) is 49.2 Å². The molecule has 3 rings (SSSR count). The second-order valence-corrected chi connectivity index (χ2v) is 5.77. The zero-order valence-electron chi connectivity index (χ0n) is 14.6. The Morgan fingerprint density at radius 1 is 1.19 bits per heavy atom. The average Bonchev–Trinajstić information content (AvgIpc) is 3.10. The third kappa shape index (κ3) is 4.39. The van der Waals surface area contributed by atoms with Crippen molar-refractivity contribution in [3.8, 4) is 5.75 Å². The number of amides is 1. The lowest BCUT2D eigenvalue weighted by atomic mass is 10.1. The van der Waals surface area contributed by atoms with Crippen LogP contribution in [0.4, 0.5) is 5.82 Å². The summed E-state index contributed by atoms with van der Waals surface area (Å²) in [6, 6.07) is 16.6. The highest BCUT2D eigenvalue weighted by atomic mass is 16.5. The van der Waals surface area contributed by atoms with Crippen LogP contribution >= 0.6 is 0 Å². The van der Waals surface area contributed by atoms with E-state index in [1.807, 2.05) is 49.4 Å². The number of hydrogen-bond acceptors (Lipinski definition) is 4. The maximum Gasteiger partial charge on any atom is 0.292 e. The molecule has 5 nitrogen and oxygen atoms in total. The fourth-order valence-corrected chi connectivity index (χ4v) is 2.49. The van der Waals surface area contributed by atoms with Crippen LogP contribution in [0.15, 0.2) is 71.7 Å². The molecular formula is C21H20N2O3. The van der Waals surface area contributed by atoms with Crippen molar-refractivity contribution in [3.63, 3.8) is 0 Å². The number of benzene rings is 1. The largest absolute Gasteiger partial charge is 0.485 e. The molecule has 0 aliphatic heterocycles. The monoisotopic (exact) mass is 348 g/mol. The van der Waals surface area contributed by atoms with Gasteiger partial charge in [-0.25, -0.2) is 4.98 Å². The molecule has 1 amide bonds. The van der Waals surface area contributed by atoms with E-state index >= 15 is 0 Å². The quantitative estimate of drug-likeness (QED) is 0.637. The van der Waals surface area contributed by atoms with E-state index < -0.39 is 0 Å². The summed E-state index contributed by atoms with van der Waals surface area (Å²) in [7, 11) is 0. The lowest BCUT2D eigenvalue weighted by molar-refractivity contribution is 0.0992. The predicted octanol–water partition coefficient (Wildman–Crippen LogP) is 4.54. The molecule has 0 saturated carbocycles. The fourth-order valence-electron chi connectivity index (χ4n) is 2.49. The van der Waals surface area contributed by atoms with Gasteiger partial charge in [0.1, 0.15) is 23.9 Å². The van der Waals surface area contributed by atoms with Crippen LogP contribution in [0.3, 0.4) is 0 Å². The summed E-state index contributed by atoms with van der Waals surface area (Å²) in [5.41, 5.74) is 1.88. The zero-order chi connectivity index (χ0) is 18.4. The number of hydrogen-bond donors (Lipinski definition) is 1. The molecule has 0 aliphatic rings. The van der Waals surface area contributed by atoms with Gasteiger partial charge in [-0.1, -0.05) is 30.3 Å². The van der Waals surface area contributed by atoms with Gasteiger partial charge in [0.05, 0.1) is 0 Å². The number of aromatic nitrogens is 1. The first-order valence-corrected chi connectivity index (χ1v) is 8.31. The lowest BCUT2D eigenvalue weighted by Crippen LogP contribution is -2.12. The predicted molar refractivity (Wildman–Crippen MR) is 100 cm³/mol. The maximum atomic E-state index is 12.3. The van der Waals surface area contributed by atoms with Crippen LogP contribution in [-0.2, 0) is 13.0 Å². The molecule has 0 radical (unpaired) electrons. The number of anilines is 1. The number of nitrogens with zero attached hydrogens (tertiary/aromatic N) is 1. The van der Waals surface area contributed by atoms with Gasteiger partial charge in [-0.2, -0.15) is 0 Å². The van der Waals surface area contributed by atoms with Crippen LogP contribution in [0.5, 0.6) is 5.75 Å². The minimum Gasteiger partial charge on any atom is -0.485 e.